The number of hydrogen-bond donors (Lipinski definition) is 2. The van der Waals surface area contributed by atoms with Gasteiger partial charge >= 0.3 is 5.97 Å². The number of hydrogen-bond acceptors (Lipinski definition) is 2. The van der Waals surface area contributed by atoms with Crippen LogP contribution in [0.1, 0.15) is 15.9 Å². The van der Waals surface area contributed by atoms with Crippen LogP contribution in [0, 0.1) is 11.6 Å². The van der Waals surface area contributed by atoms with E-state index in [4.69, 9.17) is 11.6 Å². The highest BCUT2D eigenvalue weighted by atomic mass is 79.9. The van der Waals surface area contributed by atoms with Gasteiger partial charge in [0.2, 0.25) is 0 Å². The molecule has 0 unspecified atom stereocenters. The van der Waals surface area contributed by atoms with Gasteiger partial charge in [0.15, 0.2) is 0 Å². The van der Waals surface area contributed by atoms with Gasteiger partial charge in [-0.05, 0) is 35.9 Å². The highest BCUT2D eigenvalue weighted by Crippen LogP contribution is 2.22. The van der Waals surface area contributed by atoms with Gasteiger partial charge in [0.05, 0.1) is 0 Å². The molecular formula is C16H11BrClF2NO3. The Hall–Kier alpha value is -1.99. The van der Waals surface area contributed by atoms with Crippen molar-refractivity contribution in [3.05, 3.63) is 68.7 Å². The quantitative estimate of drug-likeness (QED) is 0.776. The van der Waals surface area contributed by atoms with Crippen LogP contribution in [-0.2, 0) is 11.2 Å². The van der Waals surface area contributed by atoms with Gasteiger partial charge in [-0.25, -0.2) is 13.6 Å². The molecule has 0 heterocycles. The molecule has 0 spiro atoms. The lowest BCUT2D eigenvalue weighted by molar-refractivity contribution is -0.139. The second-order valence-corrected chi connectivity index (χ2v) is 6.25. The van der Waals surface area contributed by atoms with Crippen LogP contribution >= 0.6 is 27.5 Å². The highest BCUT2D eigenvalue weighted by Gasteiger charge is 2.23. The van der Waals surface area contributed by atoms with Crippen LogP contribution in [-0.4, -0.2) is 23.0 Å². The summed E-state index contributed by atoms with van der Waals surface area (Å²) in [4.78, 5) is 23.5. The normalized spacial score (nSPS) is 11.8. The molecule has 8 heteroatoms. The summed E-state index contributed by atoms with van der Waals surface area (Å²) >= 11 is 9.15. The first-order chi connectivity index (χ1) is 11.3. The number of nitrogens with one attached hydrogen (secondary N) is 1. The first-order valence-corrected chi connectivity index (χ1v) is 7.87. The summed E-state index contributed by atoms with van der Waals surface area (Å²) in [7, 11) is 0. The van der Waals surface area contributed by atoms with Gasteiger partial charge < -0.3 is 10.4 Å². The van der Waals surface area contributed by atoms with Gasteiger partial charge in [0.25, 0.3) is 5.91 Å². The maximum absolute atomic E-state index is 13.2. The average molecular weight is 419 g/mol. The largest absolute Gasteiger partial charge is 0.480 e. The smallest absolute Gasteiger partial charge is 0.326 e. The fourth-order valence-electron chi connectivity index (χ4n) is 2.05. The Morgan fingerprint density at radius 2 is 1.79 bits per heavy atom. The molecule has 4 nitrogen and oxygen atoms in total. The number of carbonyl (C=O) groups is 2. The molecule has 0 aromatic heterocycles. The monoisotopic (exact) mass is 417 g/mol. The van der Waals surface area contributed by atoms with Crippen LogP contribution in [0.25, 0.3) is 0 Å². The van der Waals surface area contributed by atoms with Crippen molar-refractivity contribution in [2.45, 2.75) is 12.5 Å². The number of carbonyl (C=O) groups excluding carboxylic acids is 1. The van der Waals surface area contributed by atoms with Crippen molar-refractivity contribution < 1.29 is 23.5 Å². The summed E-state index contributed by atoms with van der Waals surface area (Å²) in [6, 6.07) is 5.82. The van der Waals surface area contributed by atoms with E-state index >= 15 is 0 Å². The minimum Gasteiger partial charge on any atom is -0.480 e. The Kier molecular flexibility index (Phi) is 5.90. The van der Waals surface area contributed by atoms with Crippen LogP contribution in [0.15, 0.2) is 40.9 Å². The van der Waals surface area contributed by atoms with Gasteiger partial charge in [0.1, 0.15) is 17.7 Å². The van der Waals surface area contributed by atoms with Gasteiger partial charge in [0, 0.05) is 27.5 Å². The molecule has 0 radical (unpaired) electrons. The van der Waals surface area contributed by atoms with Crippen LogP contribution in [0.3, 0.4) is 0 Å². The van der Waals surface area contributed by atoms with Crippen LogP contribution in [0.2, 0.25) is 5.02 Å². The summed E-state index contributed by atoms with van der Waals surface area (Å²) in [6.07, 6.45) is -0.0555. The summed E-state index contributed by atoms with van der Waals surface area (Å²) in [5.41, 5.74) is 0.268. The predicted molar refractivity (Wildman–Crippen MR) is 88.1 cm³/mol. The molecule has 2 aromatic rings. The SMILES string of the molecule is O=C(N[C@H](Cc1cc(Cl)ccc1Br)C(=O)O)c1cc(F)cc(F)c1. The molecule has 0 aliphatic heterocycles. The molecule has 0 saturated heterocycles. The van der Waals surface area contributed by atoms with E-state index in [0.29, 0.717) is 21.1 Å². The Labute approximate surface area is 149 Å². The third-order valence-corrected chi connectivity index (χ3v) is 4.17. The third-order valence-electron chi connectivity index (χ3n) is 3.16. The van der Waals surface area contributed by atoms with Crippen molar-refractivity contribution in [2.75, 3.05) is 0 Å². The molecule has 2 rings (SSSR count). The van der Waals surface area contributed by atoms with Gasteiger partial charge in [-0.2, -0.15) is 0 Å². The van der Waals surface area contributed by atoms with Gasteiger partial charge in [-0.3, -0.25) is 4.79 Å². The van der Waals surface area contributed by atoms with Crippen molar-refractivity contribution in [3.63, 3.8) is 0 Å². The third kappa shape index (κ3) is 4.75. The molecule has 2 aromatic carbocycles. The van der Waals surface area contributed by atoms with Gasteiger partial charge in [-0.15, -0.1) is 0 Å². The summed E-state index contributed by atoms with van der Waals surface area (Å²) < 4.78 is 27.0. The number of carboxylic acid groups (broad SMARTS) is 1. The van der Waals surface area contributed by atoms with Crippen LogP contribution in [0.5, 0.6) is 0 Å². The standard InChI is InChI=1S/C16H11BrClF2NO3/c17-13-2-1-10(18)3-8(13)6-14(16(23)24)21-15(22)9-4-11(19)7-12(20)5-9/h1-5,7,14H,6H2,(H,21,22)(H,23,24)/t14-/m1/s1. The van der Waals surface area contributed by atoms with E-state index in [0.717, 1.165) is 12.1 Å². The number of benzene rings is 2. The first kappa shape index (κ1) is 18.4. The Morgan fingerprint density at radius 3 is 2.38 bits per heavy atom. The van der Waals surface area contributed by atoms with Crippen LogP contribution < -0.4 is 5.32 Å². The number of carboxylic acids is 1. The lowest BCUT2D eigenvalue weighted by atomic mass is 10.1. The van der Waals surface area contributed by atoms with E-state index in [2.05, 4.69) is 21.2 Å². The van der Waals surface area contributed by atoms with Gasteiger partial charge in [-0.1, -0.05) is 27.5 Å². The highest BCUT2D eigenvalue weighted by molar-refractivity contribution is 9.10. The molecule has 126 valence electrons. The minimum absolute atomic E-state index is 0.0555. The van der Waals surface area contributed by atoms with E-state index in [1.165, 1.54) is 0 Å². The fraction of sp³-hybridized carbons (Fsp3) is 0.125. The summed E-state index contributed by atoms with van der Waals surface area (Å²) in [6.45, 7) is 0. The maximum atomic E-state index is 13.2. The predicted octanol–water partition coefficient (Wildman–Crippen LogP) is 3.81. The van der Waals surface area contributed by atoms with Crippen molar-refractivity contribution in [2.24, 2.45) is 0 Å². The van der Waals surface area contributed by atoms with E-state index in [1.807, 2.05) is 0 Å². The number of aliphatic carboxylic acids is 1. The Morgan fingerprint density at radius 1 is 1.17 bits per heavy atom. The molecule has 0 fully saturated rings. The van der Waals surface area contributed by atoms with E-state index in [-0.39, 0.29) is 12.0 Å². The molecule has 24 heavy (non-hydrogen) atoms. The van der Waals surface area contributed by atoms with Crippen molar-refractivity contribution in [1.29, 1.82) is 0 Å². The summed E-state index contributed by atoms with van der Waals surface area (Å²) in [5, 5.41) is 11.9. The zero-order chi connectivity index (χ0) is 17.9. The molecule has 0 aliphatic rings. The van der Waals surface area contributed by atoms with Crippen molar-refractivity contribution in [1.82, 2.24) is 5.32 Å². The minimum atomic E-state index is -1.29. The Balaban J connectivity index is 2.20. The van der Waals surface area contributed by atoms with Crippen molar-refractivity contribution >= 4 is 39.4 Å². The molecule has 0 aliphatic carbocycles. The van der Waals surface area contributed by atoms with E-state index in [1.54, 1.807) is 18.2 Å². The van der Waals surface area contributed by atoms with E-state index < -0.39 is 29.6 Å². The topological polar surface area (TPSA) is 66.4 Å². The van der Waals surface area contributed by atoms with Crippen molar-refractivity contribution in [3.8, 4) is 0 Å². The lowest BCUT2D eigenvalue weighted by Gasteiger charge is -2.16. The zero-order valence-electron chi connectivity index (χ0n) is 12.0. The second-order valence-electron chi connectivity index (χ2n) is 4.96. The molecule has 0 saturated carbocycles. The number of amides is 1. The van der Waals surface area contributed by atoms with Crippen LogP contribution in [0.4, 0.5) is 8.78 Å². The zero-order valence-corrected chi connectivity index (χ0v) is 14.4. The molecular weight excluding hydrogens is 408 g/mol. The molecule has 1 amide bonds. The summed E-state index contributed by atoms with van der Waals surface area (Å²) in [5.74, 6) is -4.03. The average Bonchev–Trinajstić information content (AvgIpc) is 2.48. The fourth-order valence-corrected chi connectivity index (χ4v) is 2.65. The number of halogens is 4. The molecule has 2 N–H and O–H groups in total. The number of rotatable bonds is 5. The molecule has 1 atom stereocenters. The van der Waals surface area contributed by atoms with E-state index in [9.17, 15) is 23.5 Å². The second kappa shape index (κ2) is 7.72. The lowest BCUT2D eigenvalue weighted by Crippen LogP contribution is -2.42. The Bertz CT molecular complexity index is 781. The maximum Gasteiger partial charge on any atom is 0.326 e. The molecule has 0 bridgehead atoms. The first-order valence-electron chi connectivity index (χ1n) is 6.70.